The highest BCUT2D eigenvalue weighted by Crippen LogP contribution is 2.36. The molecule has 2 amide bonds. The fraction of sp³-hybridized carbons (Fsp3) is 0.333. The molecule has 5 nitrogen and oxygen atoms in total. The van der Waals surface area contributed by atoms with Gasteiger partial charge in [0, 0.05) is 19.5 Å². The van der Waals surface area contributed by atoms with Gasteiger partial charge in [0.25, 0.3) is 5.91 Å². The summed E-state index contributed by atoms with van der Waals surface area (Å²) < 4.78 is 5.42. The highest BCUT2D eigenvalue weighted by Gasteiger charge is 2.25. The van der Waals surface area contributed by atoms with Crippen LogP contribution in [0.25, 0.3) is 0 Å². The van der Waals surface area contributed by atoms with Crippen LogP contribution in [0.4, 0.5) is 5.69 Å². The SMILES string of the molecule is COc1cccc2c1N(C(=O)CCNC(=O)c1cccs1)CCC2. The third kappa shape index (κ3) is 3.43. The lowest BCUT2D eigenvalue weighted by Crippen LogP contribution is -2.38. The van der Waals surface area contributed by atoms with Crippen LogP contribution in [0.2, 0.25) is 0 Å². The fourth-order valence-corrected chi connectivity index (χ4v) is 3.58. The van der Waals surface area contributed by atoms with Crippen molar-refractivity contribution in [3.63, 3.8) is 0 Å². The Balaban J connectivity index is 1.63. The molecule has 3 rings (SSSR count). The number of thiophene rings is 1. The first-order valence-electron chi connectivity index (χ1n) is 7.98. The summed E-state index contributed by atoms with van der Waals surface area (Å²) in [5, 5.41) is 4.66. The van der Waals surface area contributed by atoms with Crippen molar-refractivity contribution < 1.29 is 14.3 Å². The molecule has 126 valence electrons. The molecule has 24 heavy (non-hydrogen) atoms. The number of benzene rings is 1. The van der Waals surface area contributed by atoms with E-state index >= 15 is 0 Å². The number of nitrogens with one attached hydrogen (secondary N) is 1. The van der Waals surface area contributed by atoms with Crippen molar-refractivity contribution in [3.05, 3.63) is 46.2 Å². The lowest BCUT2D eigenvalue weighted by Gasteiger charge is -2.31. The Hall–Kier alpha value is -2.34. The summed E-state index contributed by atoms with van der Waals surface area (Å²) in [5.74, 6) is 0.601. The number of rotatable bonds is 5. The first-order valence-corrected chi connectivity index (χ1v) is 8.86. The number of fused-ring (bicyclic) bond motifs is 1. The molecule has 0 unspecified atom stereocenters. The maximum atomic E-state index is 12.6. The summed E-state index contributed by atoms with van der Waals surface area (Å²) in [7, 11) is 1.62. The Kier molecular flexibility index (Phi) is 5.15. The van der Waals surface area contributed by atoms with Crippen molar-refractivity contribution in [2.45, 2.75) is 19.3 Å². The van der Waals surface area contributed by atoms with Gasteiger partial charge in [-0.05, 0) is 35.9 Å². The molecule has 1 aliphatic heterocycles. The highest BCUT2D eigenvalue weighted by atomic mass is 32.1. The van der Waals surface area contributed by atoms with Gasteiger partial charge in [-0.25, -0.2) is 0 Å². The van der Waals surface area contributed by atoms with Crippen LogP contribution in [0.3, 0.4) is 0 Å². The molecule has 1 aromatic heterocycles. The van der Waals surface area contributed by atoms with Gasteiger partial charge in [0.2, 0.25) is 5.91 Å². The molecule has 0 aliphatic carbocycles. The molecular formula is C18H20N2O3S. The Morgan fingerprint density at radius 3 is 2.92 bits per heavy atom. The topological polar surface area (TPSA) is 58.6 Å². The van der Waals surface area contributed by atoms with E-state index in [0.717, 1.165) is 29.8 Å². The minimum Gasteiger partial charge on any atom is -0.495 e. The summed E-state index contributed by atoms with van der Waals surface area (Å²) >= 11 is 1.39. The highest BCUT2D eigenvalue weighted by molar-refractivity contribution is 7.12. The number of nitrogens with zero attached hydrogens (tertiary/aromatic N) is 1. The lowest BCUT2D eigenvalue weighted by atomic mass is 10.0. The number of para-hydroxylation sites is 1. The van der Waals surface area contributed by atoms with Crippen molar-refractivity contribution in [3.8, 4) is 5.75 Å². The minimum atomic E-state index is -0.130. The summed E-state index contributed by atoms with van der Waals surface area (Å²) in [5.41, 5.74) is 2.01. The quantitative estimate of drug-likeness (QED) is 0.907. The predicted octanol–water partition coefficient (Wildman–Crippen LogP) is 2.86. The number of anilines is 1. The van der Waals surface area contributed by atoms with E-state index in [9.17, 15) is 9.59 Å². The minimum absolute atomic E-state index is 0.00642. The first kappa shape index (κ1) is 16.5. The normalized spacial score (nSPS) is 13.3. The van der Waals surface area contributed by atoms with Gasteiger partial charge in [-0.2, -0.15) is 0 Å². The zero-order valence-electron chi connectivity index (χ0n) is 13.6. The molecule has 6 heteroatoms. The number of hydrogen-bond acceptors (Lipinski definition) is 4. The van der Waals surface area contributed by atoms with E-state index in [4.69, 9.17) is 4.74 Å². The summed E-state index contributed by atoms with van der Waals surface area (Å²) in [6.45, 7) is 1.02. The van der Waals surface area contributed by atoms with E-state index in [2.05, 4.69) is 5.32 Å². The summed E-state index contributed by atoms with van der Waals surface area (Å²) in [6, 6.07) is 9.47. The van der Waals surface area contributed by atoms with E-state index < -0.39 is 0 Å². The first-order chi connectivity index (χ1) is 11.7. The van der Waals surface area contributed by atoms with E-state index in [1.807, 2.05) is 29.6 Å². The largest absolute Gasteiger partial charge is 0.495 e. The second-order valence-corrected chi connectivity index (χ2v) is 6.55. The van der Waals surface area contributed by atoms with Crippen LogP contribution in [-0.2, 0) is 11.2 Å². The maximum absolute atomic E-state index is 12.6. The molecule has 0 spiro atoms. The van der Waals surface area contributed by atoms with Crippen LogP contribution in [0.15, 0.2) is 35.7 Å². The average molecular weight is 344 g/mol. The van der Waals surface area contributed by atoms with Crippen molar-refractivity contribution in [2.75, 3.05) is 25.1 Å². The van der Waals surface area contributed by atoms with Gasteiger partial charge in [0.1, 0.15) is 5.75 Å². The second-order valence-electron chi connectivity index (χ2n) is 5.60. The van der Waals surface area contributed by atoms with Gasteiger partial charge in [0.05, 0.1) is 17.7 Å². The maximum Gasteiger partial charge on any atom is 0.261 e. The van der Waals surface area contributed by atoms with Crippen molar-refractivity contribution in [1.29, 1.82) is 0 Å². The van der Waals surface area contributed by atoms with Gasteiger partial charge in [0.15, 0.2) is 0 Å². The molecule has 0 radical (unpaired) electrons. The standard InChI is InChI=1S/C18H20N2O3S/c1-23-14-7-2-5-13-6-3-11-20(17(13)14)16(21)9-10-19-18(22)15-8-4-12-24-15/h2,4-5,7-8,12H,3,6,9-11H2,1H3,(H,19,22). The number of carbonyl (C=O) groups is 2. The third-order valence-electron chi connectivity index (χ3n) is 4.07. The van der Waals surface area contributed by atoms with Crippen molar-refractivity contribution >= 4 is 28.8 Å². The number of amides is 2. The van der Waals surface area contributed by atoms with E-state index in [1.54, 1.807) is 18.1 Å². The fourth-order valence-electron chi connectivity index (χ4n) is 2.94. The van der Waals surface area contributed by atoms with Crippen LogP contribution in [0.1, 0.15) is 28.1 Å². The molecule has 1 aliphatic rings. The lowest BCUT2D eigenvalue weighted by molar-refractivity contribution is -0.118. The Morgan fingerprint density at radius 2 is 2.17 bits per heavy atom. The van der Waals surface area contributed by atoms with Crippen LogP contribution >= 0.6 is 11.3 Å². The smallest absolute Gasteiger partial charge is 0.261 e. The molecule has 0 fully saturated rings. The predicted molar refractivity (Wildman–Crippen MR) is 94.9 cm³/mol. The molecule has 0 bridgehead atoms. The van der Waals surface area contributed by atoms with Gasteiger partial charge < -0.3 is 15.0 Å². The molecule has 0 saturated carbocycles. The number of aryl methyl sites for hydroxylation is 1. The molecule has 0 atom stereocenters. The molecule has 1 N–H and O–H groups in total. The number of hydrogen-bond donors (Lipinski definition) is 1. The number of carbonyl (C=O) groups excluding carboxylic acids is 2. The second kappa shape index (κ2) is 7.49. The summed E-state index contributed by atoms with van der Waals surface area (Å²) in [4.78, 5) is 27.0. The Morgan fingerprint density at radius 1 is 1.29 bits per heavy atom. The Labute approximate surface area is 145 Å². The number of ether oxygens (including phenoxy) is 1. The van der Waals surface area contributed by atoms with Crippen LogP contribution in [-0.4, -0.2) is 32.0 Å². The molecule has 0 saturated heterocycles. The van der Waals surface area contributed by atoms with Gasteiger partial charge in [-0.15, -0.1) is 11.3 Å². The average Bonchev–Trinajstić information content (AvgIpc) is 3.15. The molecule has 1 aromatic carbocycles. The Bertz CT molecular complexity index is 714. The van der Waals surface area contributed by atoms with E-state index in [1.165, 1.54) is 11.3 Å². The van der Waals surface area contributed by atoms with Crippen molar-refractivity contribution in [2.24, 2.45) is 0 Å². The van der Waals surface area contributed by atoms with Gasteiger partial charge in [-0.3, -0.25) is 9.59 Å². The molecular weight excluding hydrogens is 324 g/mol. The van der Waals surface area contributed by atoms with Crippen LogP contribution < -0.4 is 15.0 Å². The van der Waals surface area contributed by atoms with Crippen LogP contribution in [0.5, 0.6) is 5.75 Å². The molecule has 2 heterocycles. The van der Waals surface area contributed by atoms with Gasteiger partial charge in [-0.1, -0.05) is 18.2 Å². The number of methoxy groups -OCH3 is 1. The van der Waals surface area contributed by atoms with Gasteiger partial charge >= 0.3 is 0 Å². The zero-order valence-corrected chi connectivity index (χ0v) is 14.4. The summed E-state index contributed by atoms with van der Waals surface area (Å²) in [6.07, 6.45) is 2.16. The van der Waals surface area contributed by atoms with E-state index in [-0.39, 0.29) is 18.2 Å². The van der Waals surface area contributed by atoms with Crippen LogP contribution in [0, 0.1) is 0 Å². The zero-order chi connectivity index (χ0) is 16.9. The third-order valence-corrected chi connectivity index (χ3v) is 4.94. The van der Waals surface area contributed by atoms with E-state index in [0.29, 0.717) is 18.0 Å². The monoisotopic (exact) mass is 344 g/mol. The molecule has 2 aromatic rings. The van der Waals surface area contributed by atoms with Crippen molar-refractivity contribution in [1.82, 2.24) is 5.32 Å².